The number of Topliss-reactive ketones (excluding diaryl/α,β-unsaturated/α-hetero) is 1. The molecule has 1 aromatic carbocycles. The molecule has 2 rings (SSSR count). The van der Waals surface area contributed by atoms with Crippen LogP contribution in [0, 0.1) is 11.6 Å². The molecular weight excluding hydrogens is 242 g/mol. The van der Waals surface area contributed by atoms with Gasteiger partial charge in [0.2, 0.25) is 0 Å². The minimum absolute atomic E-state index is 0.0423. The van der Waals surface area contributed by atoms with Gasteiger partial charge in [0.15, 0.2) is 5.78 Å². The molecule has 18 heavy (non-hydrogen) atoms. The van der Waals surface area contributed by atoms with Gasteiger partial charge in [0.05, 0.1) is 11.7 Å². The van der Waals surface area contributed by atoms with Crippen LogP contribution in [0.2, 0.25) is 0 Å². The molecule has 0 saturated carbocycles. The Kier molecular flexibility index (Phi) is 4.38. The van der Waals surface area contributed by atoms with E-state index in [0.717, 1.165) is 31.0 Å². The maximum Gasteiger partial charge on any atom is 0.191 e. The van der Waals surface area contributed by atoms with Gasteiger partial charge in [-0.25, -0.2) is 8.78 Å². The van der Waals surface area contributed by atoms with E-state index >= 15 is 0 Å². The van der Waals surface area contributed by atoms with E-state index in [0.29, 0.717) is 13.2 Å². The Morgan fingerprint density at radius 3 is 2.78 bits per heavy atom. The summed E-state index contributed by atoms with van der Waals surface area (Å²) < 4.78 is 36.8. The number of rotatable bonds is 4. The summed E-state index contributed by atoms with van der Waals surface area (Å²) in [6, 6.07) is 2.81. The number of halogens is 2. The van der Waals surface area contributed by atoms with Crippen molar-refractivity contribution in [2.24, 2.45) is 0 Å². The fraction of sp³-hybridized carbons (Fsp3) is 0.462. The molecule has 3 nitrogen and oxygen atoms in total. The Bertz CT molecular complexity index is 428. The Balaban J connectivity index is 1.92. The van der Waals surface area contributed by atoms with Gasteiger partial charge in [0.25, 0.3) is 0 Å². The highest BCUT2D eigenvalue weighted by molar-refractivity contribution is 5.97. The Hall–Kier alpha value is -1.33. The van der Waals surface area contributed by atoms with Crippen LogP contribution in [0.3, 0.4) is 0 Å². The Labute approximate surface area is 104 Å². The monoisotopic (exact) mass is 256 g/mol. The van der Waals surface area contributed by atoms with E-state index in [9.17, 15) is 13.6 Å². The number of benzene rings is 1. The first-order valence-electron chi connectivity index (χ1n) is 5.84. The molecule has 0 amide bonds. The molecule has 0 unspecified atom stereocenters. The lowest BCUT2D eigenvalue weighted by Crippen LogP contribution is -2.26. The van der Waals surface area contributed by atoms with Gasteiger partial charge < -0.3 is 9.47 Å². The minimum Gasteiger partial charge on any atom is -0.381 e. The zero-order chi connectivity index (χ0) is 13.0. The van der Waals surface area contributed by atoms with Gasteiger partial charge in [-0.2, -0.15) is 0 Å². The fourth-order valence-electron chi connectivity index (χ4n) is 1.83. The second kappa shape index (κ2) is 6.02. The quantitative estimate of drug-likeness (QED) is 0.776. The second-order valence-corrected chi connectivity index (χ2v) is 4.17. The van der Waals surface area contributed by atoms with Crippen LogP contribution in [0.5, 0.6) is 0 Å². The summed E-state index contributed by atoms with van der Waals surface area (Å²) >= 11 is 0. The predicted octanol–water partition coefficient (Wildman–Crippen LogP) is 2.34. The van der Waals surface area contributed by atoms with Crippen molar-refractivity contribution in [1.29, 1.82) is 0 Å². The van der Waals surface area contributed by atoms with E-state index in [-0.39, 0.29) is 18.3 Å². The highest BCUT2D eigenvalue weighted by Crippen LogP contribution is 2.14. The minimum atomic E-state index is -0.725. The van der Waals surface area contributed by atoms with Crippen LogP contribution in [0.1, 0.15) is 23.2 Å². The number of hydrogen-bond acceptors (Lipinski definition) is 3. The van der Waals surface area contributed by atoms with Crippen molar-refractivity contribution in [2.75, 3.05) is 19.8 Å². The topological polar surface area (TPSA) is 35.5 Å². The lowest BCUT2D eigenvalue weighted by molar-refractivity contribution is -0.0263. The second-order valence-electron chi connectivity index (χ2n) is 4.17. The summed E-state index contributed by atoms with van der Waals surface area (Å²) in [6.07, 6.45) is 1.40. The van der Waals surface area contributed by atoms with Crippen LogP contribution in [0.4, 0.5) is 8.78 Å². The van der Waals surface area contributed by atoms with Crippen LogP contribution >= 0.6 is 0 Å². The first-order valence-corrected chi connectivity index (χ1v) is 5.84. The average Bonchev–Trinajstić information content (AvgIpc) is 2.40. The van der Waals surface area contributed by atoms with Gasteiger partial charge in [-0.15, -0.1) is 0 Å². The molecule has 1 aliphatic rings. The van der Waals surface area contributed by atoms with Crippen molar-refractivity contribution in [1.82, 2.24) is 0 Å². The smallest absolute Gasteiger partial charge is 0.191 e. The fourth-order valence-corrected chi connectivity index (χ4v) is 1.83. The first-order chi connectivity index (χ1) is 8.66. The zero-order valence-electron chi connectivity index (χ0n) is 9.83. The lowest BCUT2D eigenvalue weighted by Gasteiger charge is -2.22. The predicted molar refractivity (Wildman–Crippen MR) is 60.5 cm³/mol. The molecule has 5 heteroatoms. The molecule has 1 saturated heterocycles. The van der Waals surface area contributed by atoms with Crippen molar-refractivity contribution >= 4 is 5.78 Å². The summed E-state index contributed by atoms with van der Waals surface area (Å²) in [5.74, 6) is -1.90. The van der Waals surface area contributed by atoms with Crippen molar-refractivity contribution in [3.05, 3.63) is 35.4 Å². The maximum absolute atomic E-state index is 13.3. The normalized spacial score (nSPS) is 16.8. The largest absolute Gasteiger partial charge is 0.381 e. The number of ether oxygens (including phenoxy) is 2. The van der Waals surface area contributed by atoms with Gasteiger partial charge in [-0.1, -0.05) is 0 Å². The van der Waals surface area contributed by atoms with Crippen molar-refractivity contribution in [2.45, 2.75) is 18.9 Å². The first kappa shape index (κ1) is 13.1. The molecule has 0 N–H and O–H groups in total. The summed E-state index contributed by atoms with van der Waals surface area (Å²) in [7, 11) is 0. The van der Waals surface area contributed by atoms with Crippen LogP contribution in [0.15, 0.2) is 18.2 Å². The molecule has 0 aliphatic carbocycles. The molecule has 1 fully saturated rings. The third-order valence-corrected chi connectivity index (χ3v) is 2.85. The summed E-state index contributed by atoms with van der Waals surface area (Å²) in [5.41, 5.74) is -0.262. The molecule has 0 bridgehead atoms. The molecule has 0 atom stereocenters. The summed E-state index contributed by atoms with van der Waals surface area (Å²) in [4.78, 5) is 11.7. The summed E-state index contributed by atoms with van der Waals surface area (Å²) in [5, 5.41) is 0. The van der Waals surface area contributed by atoms with E-state index < -0.39 is 17.4 Å². The van der Waals surface area contributed by atoms with Crippen molar-refractivity contribution in [3.63, 3.8) is 0 Å². The van der Waals surface area contributed by atoms with E-state index in [1.807, 2.05) is 0 Å². The number of ketones is 1. The van der Waals surface area contributed by atoms with Gasteiger partial charge in [0.1, 0.15) is 18.2 Å². The Morgan fingerprint density at radius 2 is 2.06 bits per heavy atom. The molecule has 0 spiro atoms. The summed E-state index contributed by atoms with van der Waals surface area (Å²) in [6.45, 7) is 0.978. The number of carbonyl (C=O) groups excluding carboxylic acids is 1. The van der Waals surface area contributed by atoms with E-state index in [1.54, 1.807) is 0 Å². The van der Waals surface area contributed by atoms with Gasteiger partial charge in [0, 0.05) is 13.2 Å². The lowest BCUT2D eigenvalue weighted by atomic mass is 10.1. The third kappa shape index (κ3) is 3.34. The van der Waals surface area contributed by atoms with Crippen LogP contribution in [-0.2, 0) is 9.47 Å². The highest BCUT2D eigenvalue weighted by Gasteiger charge is 2.18. The van der Waals surface area contributed by atoms with Crippen molar-refractivity contribution in [3.8, 4) is 0 Å². The highest BCUT2D eigenvalue weighted by atomic mass is 19.1. The molecule has 1 aliphatic heterocycles. The molecular formula is C13H14F2O3. The van der Waals surface area contributed by atoms with Crippen molar-refractivity contribution < 1.29 is 23.0 Å². The standard InChI is InChI=1S/C13H14F2O3/c14-9-1-2-12(15)11(7-9)13(16)8-18-10-3-5-17-6-4-10/h1-2,7,10H,3-6,8H2. The molecule has 1 aromatic rings. The van der Waals surface area contributed by atoms with E-state index in [2.05, 4.69) is 0 Å². The van der Waals surface area contributed by atoms with E-state index in [4.69, 9.17) is 9.47 Å². The third-order valence-electron chi connectivity index (χ3n) is 2.85. The van der Waals surface area contributed by atoms with E-state index in [1.165, 1.54) is 0 Å². The van der Waals surface area contributed by atoms with Crippen LogP contribution in [-0.4, -0.2) is 31.7 Å². The molecule has 98 valence electrons. The van der Waals surface area contributed by atoms with Gasteiger partial charge in [-0.05, 0) is 31.0 Å². The molecule has 1 heterocycles. The average molecular weight is 256 g/mol. The zero-order valence-corrected chi connectivity index (χ0v) is 9.83. The SMILES string of the molecule is O=C(COC1CCOCC1)c1cc(F)ccc1F. The molecule has 0 radical (unpaired) electrons. The number of hydrogen-bond donors (Lipinski definition) is 0. The number of carbonyl (C=O) groups is 1. The Morgan fingerprint density at radius 1 is 1.33 bits per heavy atom. The van der Waals surface area contributed by atoms with Crippen LogP contribution < -0.4 is 0 Å². The van der Waals surface area contributed by atoms with Gasteiger partial charge in [-0.3, -0.25) is 4.79 Å². The van der Waals surface area contributed by atoms with Crippen LogP contribution in [0.25, 0.3) is 0 Å². The molecule has 0 aromatic heterocycles. The van der Waals surface area contributed by atoms with Gasteiger partial charge >= 0.3 is 0 Å². The maximum atomic E-state index is 13.3.